The van der Waals surface area contributed by atoms with E-state index in [4.69, 9.17) is 4.74 Å². The Bertz CT molecular complexity index is 1370. The topological polar surface area (TPSA) is 88.5 Å². The lowest BCUT2D eigenvalue weighted by atomic mass is 10.1. The highest BCUT2D eigenvalue weighted by molar-refractivity contribution is 7.17. The minimum Gasteiger partial charge on any atom is -0.378 e. The van der Waals surface area contributed by atoms with Gasteiger partial charge in [0.05, 0.1) is 24.1 Å². The highest BCUT2D eigenvalue weighted by Gasteiger charge is 2.46. The largest absolute Gasteiger partial charge is 0.378 e. The van der Waals surface area contributed by atoms with Gasteiger partial charge in [0.25, 0.3) is 5.91 Å². The van der Waals surface area contributed by atoms with Crippen LogP contribution in [0.1, 0.15) is 28.8 Å². The summed E-state index contributed by atoms with van der Waals surface area (Å²) in [6, 6.07) is 19.1. The van der Waals surface area contributed by atoms with Gasteiger partial charge in [0.2, 0.25) is 0 Å². The Labute approximate surface area is 206 Å². The molecule has 2 fully saturated rings. The Morgan fingerprint density at radius 1 is 0.971 bits per heavy atom. The second-order valence-corrected chi connectivity index (χ2v) is 9.77. The molecule has 178 valence electrons. The third-order valence-electron chi connectivity index (χ3n) is 6.64. The molecule has 6 rings (SSSR count). The molecule has 1 saturated carbocycles. The monoisotopic (exact) mass is 487 g/mol. The first kappa shape index (κ1) is 21.8. The first-order valence-corrected chi connectivity index (χ1v) is 12.6. The summed E-state index contributed by atoms with van der Waals surface area (Å²) in [5.41, 5.74) is 2.35. The smallest absolute Gasteiger partial charge is 0.344 e. The SMILES string of the molecule is O=C(Nc1nn(C(=O)NC2(c3ccccc3)CC2)c2sccc12)c1ccc(N2CCOCC2)cc1. The summed E-state index contributed by atoms with van der Waals surface area (Å²) in [5, 5.41) is 13.2. The van der Waals surface area contributed by atoms with E-state index in [1.807, 2.05) is 66.0 Å². The predicted molar refractivity (Wildman–Crippen MR) is 136 cm³/mol. The third kappa shape index (κ3) is 4.17. The summed E-state index contributed by atoms with van der Waals surface area (Å²) >= 11 is 1.42. The zero-order chi connectivity index (χ0) is 23.8. The van der Waals surface area contributed by atoms with Crippen molar-refractivity contribution in [3.63, 3.8) is 0 Å². The molecule has 3 heterocycles. The fourth-order valence-corrected chi connectivity index (χ4v) is 5.37. The molecule has 2 aromatic heterocycles. The van der Waals surface area contributed by atoms with Gasteiger partial charge in [-0.1, -0.05) is 30.3 Å². The minimum atomic E-state index is -0.348. The molecule has 4 aromatic rings. The number of hydrogen-bond donors (Lipinski definition) is 2. The molecule has 0 spiro atoms. The van der Waals surface area contributed by atoms with Gasteiger partial charge in [-0.3, -0.25) is 4.79 Å². The molecule has 9 heteroatoms. The van der Waals surface area contributed by atoms with E-state index in [2.05, 4.69) is 20.6 Å². The van der Waals surface area contributed by atoms with Gasteiger partial charge in [-0.15, -0.1) is 16.4 Å². The van der Waals surface area contributed by atoms with Crippen molar-refractivity contribution in [3.05, 3.63) is 77.2 Å². The van der Waals surface area contributed by atoms with E-state index in [0.29, 0.717) is 29.4 Å². The van der Waals surface area contributed by atoms with Crippen molar-refractivity contribution in [1.29, 1.82) is 0 Å². The van der Waals surface area contributed by atoms with Crippen molar-refractivity contribution >= 4 is 45.0 Å². The number of hydrogen-bond acceptors (Lipinski definition) is 6. The van der Waals surface area contributed by atoms with Crippen molar-refractivity contribution in [2.45, 2.75) is 18.4 Å². The maximum absolute atomic E-state index is 13.2. The molecular weight excluding hydrogens is 462 g/mol. The second-order valence-electron chi connectivity index (χ2n) is 8.88. The fraction of sp³-hybridized carbons (Fsp3) is 0.269. The number of rotatable bonds is 5. The Kier molecular flexibility index (Phi) is 5.50. The van der Waals surface area contributed by atoms with Crippen LogP contribution in [0.3, 0.4) is 0 Å². The van der Waals surface area contributed by atoms with Crippen LogP contribution in [0.15, 0.2) is 66.0 Å². The van der Waals surface area contributed by atoms with Crippen molar-refractivity contribution < 1.29 is 14.3 Å². The number of fused-ring (bicyclic) bond motifs is 1. The Hall–Kier alpha value is -3.69. The second kappa shape index (κ2) is 8.83. The molecule has 2 aliphatic rings. The van der Waals surface area contributed by atoms with Gasteiger partial charge in [0.1, 0.15) is 4.83 Å². The Morgan fingerprint density at radius 2 is 1.71 bits per heavy atom. The van der Waals surface area contributed by atoms with Gasteiger partial charge in [0, 0.05) is 24.3 Å². The lowest BCUT2D eigenvalue weighted by Gasteiger charge is -2.28. The first-order valence-electron chi connectivity index (χ1n) is 11.7. The minimum absolute atomic E-state index is 0.264. The van der Waals surface area contributed by atoms with E-state index in [9.17, 15) is 9.59 Å². The predicted octanol–water partition coefficient (Wildman–Crippen LogP) is 4.43. The number of benzene rings is 2. The lowest BCUT2D eigenvalue weighted by Crippen LogP contribution is -2.38. The molecule has 2 N–H and O–H groups in total. The zero-order valence-corrected chi connectivity index (χ0v) is 19.9. The highest BCUT2D eigenvalue weighted by atomic mass is 32.1. The van der Waals surface area contributed by atoms with Crippen molar-refractivity contribution in [2.75, 3.05) is 36.5 Å². The number of nitrogens with zero attached hydrogens (tertiary/aromatic N) is 3. The molecule has 2 aromatic carbocycles. The van der Waals surface area contributed by atoms with Gasteiger partial charge in [-0.05, 0) is 54.1 Å². The summed E-state index contributed by atoms with van der Waals surface area (Å²) in [6.07, 6.45) is 1.78. The summed E-state index contributed by atoms with van der Waals surface area (Å²) in [6.45, 7) is 3.10. The molecule has 8 nitrogen and oxygen atoms in total. The number of carbonyl (C=O) groups is 2. The summed E-state index contributed by atoms with van der Waals surface area (Å²) in [5.74, 6) is 0.114. The summed E-state index contributed by atoms with van der Waals surface area (Å²) < 4.78 is 6.77. The Morgan fingerprint density at radius 3 is 2.43 bits per heavy atom. The average molecular weight is 488 g/mol. The molecule has 1 aliphatic heterocycles. The molecule has 1 saturated heterocycles. The van der Waals surface area contributed by atoms with E-state index >= 15 is 0 Å². The van der Waals surface area contributed by atoms with E-state index in [-0.39, 0.29) is 17.5 Å². The zero-order valence-electron chi connectivity index (χ0n) is 19.1. The van der Waals surface area contributed by atoms with Crippen LogP contribution >= 0.6 is 11.3 Å². The molecule has 35 heavy (non-hydrogen) atoms. The summed E-state index contributed by atoms with van der Waals surface area (Å²) in [4.78, 5) is 29.1. The number of morpholine rings is 1. The Balaban J connectivity index is 1.20. The van der Waals surface area contributed by atoms with Crippen LogP contribution in [0.2, 0.25) is 0 Å². The highest BCUT2D eigenvalue weighted by Crippen LogP contribution is 2.45. The molecule has 0 radical (unpaired) electrons. The number of nitrogens with one attached hydrogen (secondary N) is 2. The number of amides is 2. The maximum atomic E-state index is 13.2. The van der Waals surface area contributed by atoms with Crippen LogP contribution in [-0.2, 0) is 10.3 Å². The molecule has 2 amide bonds. The van der Waals surface area contributed by atoms with Crippen LogP contribution in [0.5, 0.6) is 0 Å². The average Bonchev–Trinajstić information content (AvgIpc) is 3.38. The first-order chi connectivity index (χ1) is 17.1. The third-order valence-corrected chi connectivity index (χ3v) is 7.53. The standard InChI is InChI=1S/C26H25N5O3S/c32-23(18-6-8-20(9-7-18)30-13-15-34-16-14-30)27-22-21-10-17-35-24(21)31(29-22)25(33)28-26(11-12-26)19-4-2-1-3-5-19/h1-10,17H,11-16H2,(H,28,33)(H,27,29,32). The van der Waals surface area contributed by atoms with Gasteiger partial charge >= 0.3 is 6.03 Å². The van der Waals surface area contributed by atoms with Gasteiger partial charge in [-0.25, -0.2) is 4.79 Å². The number of anilines is 2. The fourth-order valence-electron chi connectivity index (χ4n) is 4.53. The lowest BCUT2D eigenvalue weighted by molar-refractivity contribution is 0.102. The normalized spacial score (nSPS) is 16.7. The number of aromatic nitrogens is 2. The van der Waals surface area contributed by atoms with Crippen LogP contribution in [0.25, 0.3) is 10.2 Å². The molecule has 0 unspecified atom stereocenters. The van der Waals surface area contributed by atoms with Crippen LogP contribution in [0.4, 0.5) is 16.3 Å². The van der Waals surface area contributed by atoms with Crippen molar-refractivity contribution in [1.82, 2.24) is 15.1 Å². The summed E-state index contributed by atoms with van der Waals surface area (Å²) in [7, 11) is 0. The quantitative estimate of drug-likeness (QED) is 0.435. The molecule has 0 atom stereocenters. The van der Waals surface area contributed by atoms with E-state index in [1.54, 1.807) is 0 Å². The van der Waals surface area contributed by atoms with Crippen LogP contribution in [-0.4, -0.2) is 48.0 Å². The van der Waals surface area contributed by atoms with Gasteiger partial charge in [0.15, 0.2) is 5.82 Å². The van der Waals surface area contributed by atoms with Gasteiger partial charge in [-0.2, -0.15) is 4.68 Å². The van der Waals surface area contributed by atoms with Gasteiger partial charge < -0.3 is 20.3 Å². The number of carbonyl (C=O) groups excluding carboxylic acids is 2. The van der Waals surface area contributed by atoms with E-state index in [1.165, 1.54) is 16.0 Å². The van der Waals surface area contributed by atoms with Crippen molar-refractivity contribution in [2.24, 2.45) is 0 Å². The van der Waals surface area contributed by atoms with Crippen LogP contribution in [0, 0.1) is 0 Å². The molecule has 1 aliphatic carbocycles. The number of thiophene rings is 1. The van der Waals surface area contributed by atoms with E-state index < -0.39 is 0 Å². The van der Waals surface area contributed by atoms with E-state index in [0.717, 1.165) is 42.6 Å². The molecular formula is C26H25N5O3S. The van der Waals surface area contributed by atoms with Crippen LogP contribution < -0.4 is 15.5 Å². The molecule has 0 bridgehead atoms. The maximum Gasteiger partial charge on any atom is 0.344 e. The van der Waals surface area contributed by atoms with Crippen molar-refractivity contribution in [3.8, 4) is 0 Å². The number of ether oxygens (including phenoxy) is 1.